The lowest BCUT2D eigenvalue weighted by atomic mass is 9.79. The second-order valence-corrected chi connectivity index (χ2v) is 8.93. The Hall–Kier alpha value is -3.40. The van der Waals surface area contributed by atoms with Gasteiger partial charge >= 0.3 is 0 Å². The standard InChI is InChI=1S/C27H29N3O.3C2H6/c1-18(31)28-23-17-21(29(4)5)14-11-20(23)13-16-25-27(2,3)26-22-10-8-7-9-19(22)12-15-24(26)30(25)6;3*1-2/h7-17H,1-6H3;3*1-2H3/p+1. The number of rotatable bonds is 4. The molecule has 1 N–H and O–H groups in total. The van der Waals surface area contributed by atoms with Crippen LogP contribution >= 0.6 is 0 Å². The molecule has 0 atom stereocenters. The summed E-state index contributed by atoms with van der Waals surface area (Å²) in [5, 5.41) is 5.54. The Balaban J connectivity index is 0.00000106. The van der Waals surface area contributed by atoms with Crippen molar-refractivity contribution in [3.63, 3.8) is 0 Å². The van der Waals surface area contributed by atoms with E-state index < -0.39 is 0 Å². The summed E-state index contributed by atoms with van der Waals surface area (Å²) in [7, 11) is 6.12. The van der Waals surface area contributed by atoms with E-state index in [2.05, 4.69) is 91.5 Å². The smallest absolute Gasteiger partial charge is 0.221 e. The Labute approximate surface area is 225 Å². The highest BCUT2D eigenvalue weighted by Gasteiger charge is 2.44. The third kappa shape index (κ3) is 6.88. The third-order valence-electron chi connectivity index (χ3n) is 6.18. The van der Waals surface area contributed by atoms with Gasteiger partial charge in [-0.2, -0.15) is 4.58 Å². The number of nitrogens with zero attached hydrogens (tertiary/aromatic N) is 2. The first-order chi connectivity index (χ1) is 17.7. The van der Waals surface area contributed by atoms with Crippen molar-refractivity contribution in [1.29, 1.82) is 0 Å². The van der Waals surface area contributed by atoms with Crippen LogP contribution in [0, 0.1) is 0 Å². The summed E-state index contributed by atoms with van der Waals surface area (Å²) < 4.78 is 2.28. The average Bonchev–Trinajstić information content (AvgIpc) is 3.11. The van der Waals surface area contributed by atoms with Crippen LogP contribution in [-0.2, 0) is 10.2 Å². The van der Waals surface area contributed by atoms with Gasteiger partial charge in [-0.1, -0.05) is 71.9 Å². The molecule has 0 saturated heterocycles. The number of benzene rings is 3. The third-order valence-corrected chi connectivity index (χ3v) is 6.18. The SMILES string of the molecule is CC.CC.CC.CC(=O)Nc1cc(N(C)C)ccc1C=CC1=[N+](C)c2ccc3ccccc3c2C1(C)C. The minimum Gasteiger partial charge on any atom is -0.378 e. The predicted octanol–water partition coefficient (Wildman–Crippen LogP) is 8.66. The second kappa shape index (κ2) is 14.4. The highest BCUT2D eigenvalue weighted by atomic mass is 16.1. The molecule has 0 saturated carbocycles. The van der Waals surface area contributed by atoms with Crippen molar-refractivity contribution in [3.05, 3.63) is 71.8 Å². The van der Waals surface area contributed by atoms with Crippen LogP contribution in [0.5, 0.6) is 0 Å². The first kappa shape index (κ1) is 31.6. The minimum atomic E-state index is -0.140. The maximum Gasteiger partial charge on any atom is 0.221 e. The van der Waals surface area contributed by atoms with E-state index in [1.807, 2.05) is 66.6 Å². The fourth-order valence-corrected chi connectivity index (χ4v) is 4.63. The van der Waals surface area contributed by atoms with Gasteiger partial charge in [-0.15, -0.1) is 0 Å². The molecule has 200 valence electrons. The van der Waals surface area contributed by atoms with Gasteiger partial charge in [-0.05, 0) is 54.5 Å². The topological polar surface area (TPSA) is 35.4 Å². The summed E-state index contributed by atoms with van der Waals surface area (Å²) in [6.07, 6.45) is 4.29. The van der Waals surface area contributed by atoms with Crippen LogP contribution in [0.1, 0.15) is 73.4 Å². The summed E-state index contributed by atoms with van der Waals surface area (Å²) in [6.45, 7) is 18.1. The maximum absolute atomic E-state index is 11.8. The van der Waals surface area contributed by atoms with Crippen molar-refractivity contribution >= 4 is 45.5 Å². The van der Waals surface area contributed by atoms with Crippen molar-refractivity contribution in [2.24, 2.45) is 0 Å². The van der Waals surface area contributed by atoms with Crippen molar-refractivity contribution in [3.8, 4) is 0 Å². The molecular weight excluding hydrogens is 454 g/mol. The van der Waals surface area contributed by atoms with Gasteiger partial charge in [0.05, 0.1) is 11.1 Å². The minimum absolute atomic E-state index is 0.0737. The van der Waals surface area contributed by atoms with E-state index in [1.54, 1.807) is 6.92 Å². The van der Waals surface area contributed by atoms with Crippen molar-refractivity contribution < 1.29 is 9.37 Å². The molecule has 0 bridgehead atoms. The van der Waals surface area contributed by atoms with Gasteiger partial charge in [0.2, 0.25) is 11.6 Å². The molecule has 37 heavy (non-hydrogen) atoms. The molecule has 0 fully saturated rings. The van der Waals surface area contributed by atoms with Gasteiger partial charge in [-0.3, -0.25) is 4.79 Å². The highest BCUT2D eigenvalue weighted by Crippen LogP contribution is 2.43. The van der Waals surface area contributed by atoms with Crippen molar-refractivity contribution in [2.45, 2.75) is 67.7 Å². The van der Waals surface area contributed by atoms with E-state index in [-0.39, 0.29) is 11.3 Å². The van der Waals surface area contributed by atoms with Crippen LogP contribution in [0.15, 0.2) is 60.7 Å². The van der Waals surface area contributed by atoms with E-state index in [0.717, 1.165) is 16.9 Å². The van der Waals surface area contributed by atoms with Crippen LogP contribution in [0.4, 0.5) is 17.1 Å². The summed E-state index contributed by atoms with van der Waals surface area (Å²) in [5.74, 6) is -0.0737. The zero-order valence-corrected chi connectivity index (χ0v) is 25.2. The largest absolute Gasteiger partial charge is 0.378 e. The molecule has 0 aliphatic carbocycles. The van der Waals surface area contributed by atoms with Crippen LogP contribution < -0.4 is 10.2 Å². The second-order valence-electron chi connectivity index (χ2n) is 8.93. The summed E-state index contributed by atoms with van der Waals surface area (Å²) in [5.41, 5.74) is 6.54. The zero-order valence-electron chi connectivity index (χ0n) is 25.2. The molecule has 0 radical (unpaired) electrons. The monoisotopic (exact) mass is 502 g/mol. The van der Waals surface area contributed by atoms with Crippen LogP contribution in [0.2, 0.25) is 0 Å². The summed E-state index contributed by atoms with van der Waals surface area (Å²) in [4.78, 5) is 13.8. The molecular formula is C33H48N3O+. The summed E-state index contributed by atoms with van der Waals surface area (Å²) in [6, 6.07) is 19.1. The number of fused-ring (bicyclic) bond motifs is 3. The molecule has 4 nitrogen and oxygen atoms in total. The first-order valence-corrected chi connectivity index (χ1v) is 13.6. The number of anilines is 2. The van der Waals surface area contributed by atoms with Crippen molar-refractivity contribution in [2.75, 3.05) is 31.4 Å². The van der Waals surface area contributed by atoms with E-state index in [1.165, 1.54) is 27.7 Å². The number of amides is 1. The molecule has 0 unspecified atom stereocenters. The number of hydrogen-bond acceptors (Lipinski definition) is 2. The molecule has 3 aromatic rings. The lowest BCUT2D eigenvalue weighted by molar-refractivity contribution is -0.401. The average molecular weight is 503 g/mol. The number of allylic oxidation sites excluding steroid dienone is 1. The Morgan fingerprint density at radius 2 is 1.51 bits per heavy atom. The molecule has 0 aromatic heterocycles. The molecule has 1 heterocycles. The lowest BCUT2D eigenvalue weighted by Crippen LogP contribution is -2.26. The lowest BCUT2D eigenvalue weighted by Gasteiger charge is -2.18. The Kier molecular flexibility index (Phi) is 12.3. The van der Waals surface area contributed by atoms with E-state index >= 15 is 0 Å². The number of carbonyl (C=O) groups is 1. The molecule has 4 rings (SSSR count). The summed E-state index contributed by atoms with van der Waals surface area (Å²) >= 11 is 0. The van der Waals surface area contributed by atoms with Gasteiger partial charge in [0.15, 0.2) is 5.71 Å². The molecule has 4 heteroatoms. The fraction of sp³-hybridized carbons (Fsp3) is 0.394. The molecule has 1 amide bonds. The van der Waals surface area contributed by atoms with E-state index in [9.17, 15) is 4.79 Å². The van der Waals surface area contributed by atoms with Gasteiger partial charge in [0.25, 0.3) is 0 Å². The van der Waals surface area contributed by atoms with Gasteiger partial charge in [0.1, 0.15) is 7.05 Å². The first-order valence-electron chi connectivity index (χ1n) is 13.6. The molecule has 1 aliphatic heterocycles. The van der Waals surface area contributed by atoms with E-state index in [4.69, 9.17) is 0 Å². The quantitative estimate of drug-likeness (QED) is 0.362. The number of nitrogens with one attached hydrogen (secondary N) is 1. The Morgan fingerprint density at radius 1 is 0.892 bits per heavy atom. The Bertz CT molecular complexity index is 1250. The van der Waals surface area contributed by atoms with E-state index in [0.29, 0.717) is 0 Å². The van der Waals surface area contributed by atoms with Crippen molar-refractivity contribution in [1.82, 2.24) is 0 Å². The normalized spacial score (nSPS) is 13.0. The molecule has 1 aliphatic rings. The van der Waals surface area contributed by atoms with Gasteiger partial charge in [-0.25, -0.2) is 0 Å². The number of carbonyl (C=O) groups excluding carboxylic acids is 1. The number of hydrogen-bond donors (Lipinski definition) is 1. The van der Waals surface area contributed by atoms with Gasteiger partial charge in [0, 0.05) is 44.4 Å². The molecule has 3 aromatic carbocycles. The maximum atomic E-state index is 11.8. The molecule has 0 spiro atoms. The highest BCUT2D eigenvalue weighted by molar-refractivity contribution is 6.09. The van der Waals surface area contributed by atoms with Gasteiger partial charge < -0.3 is 10.2 Å². The zero-order chi connectivity index (χ0) is 28.3. The Morgan fingerprint density at radius 3 is 2.11 bits per heavy atom. The fourth-order valence-electron chi connectivity index (χ4n) is 4.63. The van der Waals surface area contributed by atoms with Crippen LogP contribution in [0.25, 0.3) is 16.8 Å². The predicted molar refractivity (Wildman–Crippen MR) is 166 cm³/mol. The van der Waals surface area contributed by atoms with Crippen LogP contribution in [-0.4, -0.2) is 37.3 Å². The van der Waals surface area contributed by atoms with Crippen LogP contribution in [0.3, 0.4) is 0 Å².